The third-order valence-corrected chi connectivity index (χ3v) is 3.77. The van der Waals surface area contributed by atoms with Gasteiger partial charge in [-0.2, -0.15) is 0 Å². The molecule has 0 fully saturated rings. The van der Waals surface area contributed by atoms with Crippen LogP contribution in [0, 0.1) is 5.82 Å². The van der Waals surface area contributed by atoms with Gasteiger partial charge in [-0.3, -0.25) is 14.4 Å². The number of methoxy groups -OCH3 is 1. The molecule has 1 aromatic carbocycles. The molecular formula is C12H8BrClFNO4. The molecule has 0 aromatic heterocycles. The average Bonchev–Trinajstić information content (AvgIpc) is 2.64. The highest BCUT2D eigenvalue weighted by Gasteiger charge is 2.38. The monoisotopic (exact) mass is 363 g/mol. The number of anilines is 1. The number of rotatable bonds is 3. The molecule has 0 radical (unpaired) electrons. The van der Waals surface area contributed by atoms with Crippen LogP contribution in [0.5, 0.6) is 0 Å². The molecule has 0 N–H and O–H groups in total. The van der Waals surface area contributed by atoms with Crippen molar-refractivity contribution < 1.29 is 23.5 Å². The van der Waals surface area contributed by atoms with E-state index in [0.717, 1.165) is 17.0 Å². The van der Waals surface area contributed by atoms with E-state index in [2.05, 4.69) is 20.7 Å². The number of Topliss-reactive ketones (excluding diaryl/α,β-unsaturated/α-hetero) is 1. The van der Waals surface area contributed by atoms with Gasteiger partial charge in [0.1, 0.15) is 10.6 Å². The number of esters is 1. The van der Waals surface area contributed by atoms with Crippen molar-refractivity contribution in [2.75, 3.05) is 18.6 Å². The topological polar surface area (TPSA) is 63.7 Å². The third-order valence-electron chi connectivity index (χ3n) is 2.81. The van der Waals surface area contributed by atoms with E-state index in [4.69, 9.17) is 11.6 Å². The molecule has 1 atom stereocenters. The largest absolute Gasteiger partial charge is 0.468 e. The number of amides is 1. The minimum Gasteiger partial charge on any atom is -0.468 e. The molecule has 106 valence electrons. The van der Waals surface area contributed by atoms with Crippen LogP contribution in [0.1, 0.15) is 10.4 Å². The second-order valence-electron chi connectivity index (χ2n) is 4.02. The van der Waals surface area contributed by atoms with Crippen LogP contribution in [0.2, 0.25) is 5.02 Å². The molecule has 0 spiro atoms. The van der Waals surface area contributed by atoms with Crippen molar-refractivity contribution >= 4 is 50.9 Å². The number of carbonyl (C=O) groups is 3. The Hall–Kier alpha value is -1.47. The Morgan fingerprint density at radius 3 is 2.75 bits per heavy atom. The van der Waals surface area contributed by atoms with Gasteiger partial charge in [-0.25, -0.2) is 4.39 Å². The first-order valence-electron chi connectivity index (χ1n) is 5.44. The van der Waals surface area contributed by atoms with Crippen LogP contribution in [-0.2, 0) is 14.3 Å². The van der Waals surface area contributed by atoms with Crippen molar-refractivity contribution in [2.24, 2.45) is 0 Å². The molecule has 2 rings (SSSR count). The van der Waals surface area contributed by atoms with Crippen molar-refractivity contribution in [2.45, 2.75) is 4.83 Å². The predicted octanol–water partition coefficient (Wildman–Crippen LogP) is 1.94. The molecule has 0 saturated carbocycles. The highest BCUT2D eigenvalue weighted by molar-refractivity contribution is 9.10. The number of hydrogen-bond acceptors (Lipinski definition) is 4. The molecule has 5 nitrogen and oxygen atoms in total. The maximum absolute atomic E-state index is 13.5. The molecule has 20 heavy (non-hydrogen) atoms. The molecule has 0 bridgehead atoms. The van der Waals surface area contributed by atoms with E-state index in [1.807, 2.05) is 0 Å². The molecule has 0 saturated heterocycles. The molecular weight excluding hydrogens is 356 g/mol. The highest BCUT2D eigenvalue weighted by Crippen LogP contribution is 2.33. The van der Waals surface area contributed by atoms with Crippen LogP contribution in [-0.4, -0.2) is 36.1 Å². The molecule has 8 heteroatoms. The predicted molar refractivity (Wildman–Crippen MR) is 72.8 cm³/mol. The summed E-state index contributed by atoms with van der Waals surface area (Å²) < 4.78 is 18.0. The van der Waals surface area contributed by atoms with E-state index in [1.165, 1.54) is 7.11 Å². The summed E-state index contributed by atoms with van der Waals surface area (Å²) >= 11 is 8.64. The summed E-state index contributed by atoms with van der Waals surface area (Å²) in [5.74, 6) is -2.98. The van der Waals surface area contributed by atoms with Gasteiger partial charge < -0.3 is 9.64 Å². The van der Waals surface area contributed by atoms with Crippen molar-refractivity contribution in [1.82, 2.24) is 0 Å². The van der Waals surface area contributed by atoms with E-state index >= 15 is 0 Å². The fraction of sp³-hybridized carbons (Fsp3) is 0.250. The number of nitrogens with zero attached hydrogens (tertiary/aromatic N) is 1. The number of alkyl halides is 1. The Morgan fingerprint density at radius 1 is 1.50 bits per heavy atom. The van der Waals surface area contributed by atoms with E-state index in [0.29, 0.717) is 0 Å². The molecule has 1 heterocycles. The lowest BCUT2D eigenvalue weighted by Crippen LogP contribution is -2.37. The lowest BCUT2D eigenvalue weighted by molar-refractivity contribution is -0.139. The van der Waals surface area contributed by atoms with Crippen LogP contribution in [0.3, 0.4) is 0 Å². The molecule has 0 aliphatic carbocycles. The second-order valence-corrected chi connectivity index (χ2v) is 5.53. The van der Waals surface area contributed by atoms with Gasteiger partial charge in [0.25, 0.3) is 11.7 Å². The Labute approximate surface area is 126 Å². The summed E-state index contributed by atoms with van der Waals surface area (Å²) in [4.78, 5) is 35.2. The van der Waals surface area contributed by atoms with Crippen molar-refractivity contribution in [3.05, 3.63) is 28.5 Å². The smallest absolute Gasteiger partial charge is 0.321 e. The number of halogens is 3. The van der Waals surface area contributed by atoms with Gasteiger partial charge in [0.05, 0.1) is 23.4 Å². The van der Waals surface area contributed by atoms with Gasteiger partial charge in [0, 0.05) is 6.54 Å². The van der Waals surface area contributed by atoms with Gasteiger partial charge in [0.15, 0.2) is 0 Å². The van der Waals surface area contributed by atoms with Gasteiger partial charge >= 0.3 is 5.97 Å². The number of benzene rings is 1. The van der Waals surface area contributed by atoms with E-state index in [-0.39, 0.29) is 22.8 Å². The van der Waals surface area contributed by atoms with Crippen LogP contribution in [0.15, 0.2) is 12.1 Å². The molecule has 1 aliphatic rings. The normalized spacial score (nSPS) is 15.3. The Bertz CT molecular complexity index is 622. The zero-order valence-corrected chi connectivity index (χ0v) is 12.5. The summed E-state index contributed by atoms with van der Waals surface area (Å²) in [6.45, 7) is -0.148. The number of hydrogen-bond donors (Lipinski definition) is 0. The molecule has 1 amide bonds. The fourth-order valence-electron chi connectivity index (χ4n) is 1.83. The summed E-state index contributed by atoms with van der Waals surface area (Å²) in [7, 11) is 1.20. The Morgan fingerprint density at radius 2 is 2.15 bits per heavy atom. The Kier molecular flexibility index (Phi) is 4.10. The summed E-state index contributed by atoms with van der Waals surface area (Å²) in [5, 5.41) is -0.241. The molecule has 1 unspecified atom stereocenters. The first kappa shape index (κ1) is 14.9. The van der Waals surface area contributed by atoms with Crippen LogP contribution in [0.4, 0.5) is 10.1 Å². The van der Waals surface area contributed by atoms with Crippen molar-refractivity contribution in [3.63, 3.8) is 0 Å². The summed E-state index contributed by atoms with van der Waals surface area (Å²) in [6, 6.07) is 2.10. The minimum absolute atomic E-state index is 0.0194. The van der Waals surface area contributed by atoms with Gasteiger partial charge in [-0.15, -0.1) is 0 Å². The van der Waals surface area contributed by atoms with Crippen molar-refractivity contribution in [1.29, 1.82) is 0 Å². The third kappa shape index (κ3) is 2.43. The maximum Gasteiger partial charge on any atom is 0.321 e. The molecule has 1 aromatic rings. The lowest BCUT2D eigenvalue weighted by atomic mass is 10.1. The van der Waals surface area contributed by atoms with E-state index in [9.17, 15) is 18.8 Å². The zero-order valence-electron chi connectivity index (χ0n) is 10.2. The summed E-state index contributed by atoms with van der Waals surface area (Å²) in [5.41, 5.74) is 0.112. The zero-order chi connectivity index (χ0) is 15.0. The van der Waals surface area contributed by atoms with Crippen molar-refractivity contribution in [3.8, 4) is 0 Å². The maximum atomic E-state index is 13.5. The number of carbonyl (C=O) groups excluding carboxylic acids is 3. The number of ether oxygens (including phenoxy) is 1. The highest BCUT2D eigenvalue weighted by atomic mass is 79.9. The van der Waals surface area contributed by atoms with E-state index < -0.39 is 28.3 Å². The first-order valence-corrected chi connectivity index (χ1v) is 6.73. The van der Waals surface area contributed by atoms with Crippen LogP contribution < -0.4 is 4.90 Å². The lowest BCUT2D eigenvalue weighted by Gasteiger charge is -2.19. The quantitative estimate of drug-likeness (QED) is 0.467. The Balaban J connectivity index is 2.38. The SMILES string of the molecule is COC(=O)C(Br)CN1C(=O)C(=O)c2cc(Cl)c(F)cc21. The average molecular weight is 365 g/mol. The van der Waals surface area contributed by atoms with Gasteiger partial charge in [-0.05, 0) is 12.1 Å². The second kappa shape index (κ2) is 5.49. The fourth-order valence-corrected chi connectivity index (χ4v) is 2.47. The van der Waals surface area contributed by atoms with Crippen LogP contribution in [0.25, 0.3) is 0 Å². The first-order chi connectivity index (χ1) is 9.36. The number of ketones is 1. The van der Waals surface area contributed by atoms with Crippen LogP contribution >= 0.6 is 27.5 Å². The summed E-state index contributed by atoms with van der Waals surface area (Å²) in [6.07, 6.45) is 0. The van der Waals surface area contributed by atoms with Gasteiger partial charge in [-0.1, -0.05) is 27.5 Å². The number of fused-ring (bicyclic) bond motifs is 1. The van der Waals surface area contributed by atoms with E-state index in [1.54, 1.807) is 0 Å². The van der Waals surface area contributed by atoms with Gasteiger partial charge in [0.2, 0.25) is 0 Å². The standard InChI is InChI=1S/C12H8BrClFNO4/c1-20-12(19)6(13)4-16-9-3-8(15)7(14)2-5(9)10(17)11(16)18/h2-3,6H,4H2,1H3. The minimum atomic E-state index is -0.838. The molecule has 1 aliphatic heterocycles.